The Labute approximate surface area is 132 Å². The summed E-state index contributed by atoms with van der Waals surface area (Å²) in [6, 6.07) is 6.20. The van der Waals surface area contributed by atoms with E-state index in [0.29, 0.717) is 6.54 Å². The smallest absolute Gasteiger partial charge is 0.128 e. The van der Waals surface area contributed by atoms with Crippen LogP contribution >= 0.6 is 15.9 Å². The van der Waals surface area contributed by atoms with Gasteiger partial charge in [-0.05, 0) is 37.6 Å². The van der Waals surface area contributed by atoms with E-state index in [9.17, 15) is 0 Å². The fraction of sp³-hybridized carbons (Fsp3) is 0.400. The molecular weight excluding hydrogens is 332 g/mol. The minimum absolute atomic E-state index is 0.0943. The molecular formula is C15H19BrN4O. The van der Waals surface area contributed by atoms with Crippen molar-refractivity contribution >= 4 is 21.7 Å². The van der Waals surface area contributed by atoms with Crippen LogP contribution in [0.25, 0.3) is 0 Å². The van der Waals surface area contributed by atoms with Crippen molar-refractivity contribution in [3.8, 4) is 5.75 Å². The number of rotatable bonds is 4. The molecule has 0 saturated heterocycles. The molecule has 1 aromatic heterocycles. The summed E-state index contributed by atoms with van der Waals surface area (Å²) < 4.78 is 7.21. The highest BCUT2D eigenvalue weighted by molar-refractivity contribution is 9.10. The van der Waals surface area contributed by atoms with Crippen molar-refractivity contribution in [2.24, 2.45) is 5.73 Å². The zero-order valence-electron chi connectivity index (χ0n) is 12.1. The highest BCUT2D eigenvalue weighted by atomic mass is 79.9. The molecule has 4 N–H and O–H groups in total. The number of H-pyrrole nitrogens is 1. The summed E-state index contributed by atoms with van der Waals surface area (Å²) in [6.07, 6.45) is 2.56. The van der Waals surface area contributed by atoms with E-state index >= 15 is 0 Å². The lowest BCUT2D eigenvalue weighted by Crippen LogP contribution is -2.39. The lowest BCUT2D eigenvalue weighted by molar-refractivity contribution is 0.124. The number of hydrogen-bond acceptors (Lipinski definition) is 4. The van der Waals surface area contributed by atoms with Crippen LogP contribution in [0.3, 0.4) is 0 Å². The topological polar surface area (TPSA) is 76.0 Å². The molecule has 1 aliphatic rings. The normalized spacial score (nSPS) is 21.7. The summed E-state index contributed by atoms with van der Waals surface area (Å²) in [7, 11) is 0. The molecule has 21 heavy (non-hydrogen) atoms. The molecule has 5 nitrogen and oxygen atoms in total. The molecule has 0 aliphatic carbocycles. The summed E-state index contributed by atoms with van der Waals surface area (Å²) >= 11 is 3.59. The van der Waals surface area contributed by atoms with Crippen molar-refractivity contribution in [1.82, 2.24) is 10.2 Å². The monoisotopic (exact) mass is 350 g/mol. The van der Waals surface area contributed by atoms with Gasteiger partial charge in [0.2, 0.25) is 0 Å². The Morgan fingerprint density at radius 1 is 1.57 bits per heavy atom. The number of halogens is 1. The van der Waals surface area contributed by atoms with Gasteiger partial charge in [-0.15, -0.1) is 0 Å². The Bertz CT molecular complexity index is 643. The fourth-order valence-electron chi connectivity index (χ4n) is 2.70. The third kappa shape index (κ3) is 2.78. The van der Waals surface area contributed by atoms with Crippen molar-refractivity contribution in [2.45, 2.75) is 31.9 Å². The molecule has 0 fully saturated rings. The van der Waals surface area contributed by atoms with Crippen LogP contribution in [0.2, 0.25) is 0 Å². The standard InChI is InChI=1S/C15H19BrN4O/c1-9(19-13-3-4-18-20-13)12-6-11(16)5-10-7-15(2,8-17)21-14(10)12/h3-6,9H,7-8,17H2,1-2H3,(H2,18,19,20). The third-order valence-corrected chi connectivity index (χ3v) is 4.30. The van der Waals surface area contributed by atoms with Crippen LogP contribution in [0.5, 0.6) is 5.75 Å². The van der Waals surface area contributed by atoms with Crippen LogP contribution in [0.15, 0.2) is 28.9 Å². The fourth-order valence-corrected chi connectivity index (χ4v) is 3.22. The molecule has 2 unspecified atom stereocenters. The van der Waals surface area contributed by atoms with Crippen LogP contribution < -0.4 is 15.8 Å². The molecule has 1 aromatic carbocycles. The molecule has 1 aliphatic heterocycles. The lowest BCUT2D eigenvalue weighted by atomic mass is 9.97. The SMILES string of the molecule is CC(Nc1ccn[nH]1)c1cc(Br)cc2c1OC(C)(CN)C2. The second-order valence-corrected chi connectivity index (χ2v) is 6.67. The molecule has 2 aromatic rings. The van der Waals surface area contributed by atoms with Gasteiger partial charge in [-0.2, -0.15) is 5.10 Å². The first-order chi connectivity index (χ1) is 10.0. The number of nitrogens with zero attached hydrogens (tertiary/aromatic N) is 1. The average molecular weight is 351 g/mol. The highest BCUT2D eigenvalue weighted by Crippen LogP contribution is 2.42. The highest BCUT2D eigenvalue weighted by Gasteiger charge is 2.36. The molecule has 0 amide bonds. The van der Waals surface area contributed by atoms with Crippen LogP contribution in [0.4, 0.5) is 5.82 Å². The van der Waals surface area contributed by atoms with Crippen molar-refractivity contribution in [3.05, 3.63) is 40.0 Å². The first kappa shape index (κ1) is 14.4. The molecule has 0 saturated carbocycles. The first-order valence-electron chi connectivity index (χ1n) is 6.98. The molecule has 2 atom stereocenters. The Morgan fingerprint density at radius 3 is 3.05 bits per heavy atom. The molecule has 0 bridgehead atoms. The van der Waals surface area contributed by atoms with Gasteiger partial charge in [0.05, 0.1) is 12.2 Å². The summed E-state index contributed by atoms with van der Waals surface area (Å²) in [4.78, 5) is 0. The van der Waals surface area contributed by atoms with E-state index < -0.39 is 0 Å². The van der Waals surface area contributed by atoms with E-state index in [2.05, 4.69) is 57.4 Å². The molecule has 112 valence electrons. The zero-order chi connectivity index (χ0) is 15.0. The van der Waals surface area contributed by atoms with Crippen LogP contribution in [0.1, 0.15) is 31.0 Å². The van der Waals surface area contributed by atoms with Crippen molar-refractivity contribution in [3.63, 3.8) is 0 Å². The number of nitrogens with two attached hydrogens (primary N) is 1. The molecule has 0 spiro atoms. The van der Waals surface area contributed by atoms with E-state index in [-0.39, 0.29) is 11.6 Å². The molecule has 3 rings (SSSR count). The number of anilines is 1. The van der Waals surface area contributed by atoms with E-state index in [1.54, 1.807) is 6.20 Å². The van der Waals surface area contributed by atoms with Crippen LogP contribution in [-0.2, 0) is 6.42 Å². The predicted octanol–water partition coefficient (Wildman–Crippen LogP) is 3.00. The minimum Gasteiger partial charge on any atom is -0.485 e. The third-order valence-electron chi connectivity index (χ3n) is 3.84. The van der Waals surface area contributed by atoms with Gasteiger partial charge in [0, 0.05) is 23.0 Å². The van der Waals surface area contributed by atoms with Gasteiger partial charge in [-0.1, -0.05) is 15.9 Å². The van der Waals surface area contributed by atoms with Crippen LogP contribution in [-0.4, -0.2) is 22.3 Å². The Hall–Kier alpha value is -1.53. The largest absolute Gasteiger partial charge is 0.485 e. The summed E-state index contributed by atoms with van der Waals surface area (Å²) in [5, 5.41) is 10.3. The summed E-state index contributed by atoms with van der Waals surface area (Å²) in [5.41, 5.74) is 7.86. The van der Waals surface area contributed by atoms with Gasteiger partial charge in [0.15, 0.2) is 0 Å². The Morgan fingerprint density at radius 2 is 2.38 bits per heavy atom. The number of fused-ring (bicyclic) bond motifs is 1. The number of ether oxygens (including phenoxy) is 1. The average Bonchev–Trinajstić information content (AvgIpc) is 3.05. The van der Waals surface area contributed by atoms with Gasteiger partial charge in [-0.3, -0.25) is 5.10 Å². The van der Waals surface area contributed by atoms with Crippen molar-refractivity contribution < 1.29 is 4.74 Å². The van der Waals surface area contributed by atoms with Gasteiger partial charge >= 0.3 is 0 Å². The zero-order valence-corrected chi connectivity index (χ0v) is 13.7. The van der Waals surface area contributed by atoms with E-state index in [1.807, 2.05) is 6.07 Å². The van der Waals surface area contributed by atoms with Crippen LogP contribution in [0, 0.1) is 0 Å². The maximum Gasteiger partial charge on any atom is 0.128 e. The molecule has 0 radical (unpaired) electrons. The maximum atomic E-state index is 6.16. The summed E-state index contributed by atoms with van der Waals surface area (Å²) in [5.74, 6) is 1.83. The van der Waals surface area contributed by atoms with E-state index in [0.717, 1.165) is 28.0 Å². The molecule has 6 heteroatoms. The van der Waals surface area contributed by atoms with Gasteiger partial charge < -0.3 is 15.8 Å². The van der Waals surface area contributed by atoms with Crippen molar-refractivity contribution in [2.75, 3.05) is 11.9 Å². The van der Waals surface area contributed by atoms with Gasteiger partial charge in [0.1, 0.15) is 17.2 Å². The van der Waals surface area contributed by atoms with Crippen molar-refractivity contribution in [1.29, 1.82) is 0 Å². The first-order valence-corrected chi connectivity index (χ1v) is 7.77. The number of aromatic amines is 1. The predicted molar refractivity (Wildman–Crippen MR) is 86.6 cm³/mol. The van der Waals surface area contributed by atoms with Gasteiger partial charge in [-0.25, -0.2) is 0 Å². The second kappa shape index (κ2) is 5.35. The number of hydrogen-bond donors (Lipinski definition) is 3. The number of aromatic nitrogens is 2. The number of benzene rings is 1. The maximum absolute atomic E-state index is 6.16. The lowest BCUT2D eigenvalue weighted by Gasteiger charge is -2.23. The van der Waals surface area contributed by atoms with Gasteiger partial charge in [0.25, 0.3) is 0 Å². The number of nitrogens with one attached hydrogen (secondary N) is 2. The Kier molecular flexibility index (Phi) is 3.67. The minimum atomic E-state index is -0.314. The quantitative estimate of drug-likeness (QED) is 0.792. The van der Waals surface area contributed by atoms with E-state index in [1.165, 1.54) is 5.56 Å². The summed E-state index contributed by atoms with van der Waals surface area (Å²) in [6.45, 7) is 4.66. The van der Waals surface area contributed by atoms with E-state index in [4.69, 9.17) is 10.5 Å². The molecule has 2 heterocycles. The second-order valence-electron chi connectivity index (χ2n) is 5.75. The Balaban J connectivity index is 1.93.